The molecular formula is C12H24N2O3. The largest absolute Gasteiger partial charge is 0.481 e. The summed E-state index contributed by atoms with van der Waals surface area (Å²) in [7, 11) is 0. The molecule has 0 aliphatic heterocycles. The second-order valence-corrected chi connectivity index (χ2v) is 4.93. The molecule has 5 heteroatoms. The van der Waals surface area contributed by atoms with Crippen LogP contribution in [0.5, 0.6) is 0 Å². The summed E-state index contributed by atoms with van der Waals surface area (Å²) in [5, 5.41) is 11.3. The summed E-state index contributed by atoms with van der Waals surface area (Å²) in [6, 6.07) is -0.503. The number of amides is 1. The number of carboxylic acids is 1. The van der Waals surface area contributed by atoms with Crippen LogP contribution in [0, 0.1) is 5.92 Å². The van der Waals surface area contributed by atoms with Crippen LogP contribution in [0.15, 0.2) is 0 Å². The van der Waals surface area contributed by atoms with E-state index in [9.17, 15) is 9.59 Å². The smallest absolute Gasteiger partial charge is 0.303 e. The fourth-order valence-electron chi connectivity index (χ4n) is 1.60. The molecule has 0 fully saturated rings. The van der Waals surface area contributed by atoms with Crippen molar-refractivity contribution in [3.8, 4) is 0 Å². The van der Waals surface area contributed by atoms with Crippen molar-refractivity contribution in [1.29, 1.82) is 0 Å². The zero-order valence-electron chi connectivity index (χ0n) is 10.9. The molecule has 1 unspecified atom stereocenters. The van der Waals surface area contributed by atoms with E-state index in [4.69, 9.17) is 10.8 Å². The summed E-state index contributed by atoms with van der Waals surface area (Å²) in [4.78, 5) is 22.0. The Morgan fingerprint density at radius 1 is 1.29 bits per heavy atom. The minimum Gasteiger partial charge on any atom is -0.481 e. The lowest BCUT2D eigenvalue weighted by molar-refractivity contribution is -0.137. The molecule has 0 aliphatic carbocycles. The minimum absolute atomic E-state index is 0.0277. The third-order valence-electron chi connectivity index (χ3n) is 2.48. The normalized spacial score (nSPS) is 14.4. The SMILES string of the molecule is CC(C)C[C@H](N)C(=O)NC(C)CCCC(=O)O. The number of rotatable bonds is 8. The number of nitrogens with one attached hydrogen (secondary N) is 1. The molecule has 4 N–H and O–H groups in total. The average molecular weight is 244 g/mol. The van der Waals surface area contributed by atoms with Gasteiger partial charge in [-0.05, 0) is 32.1 Å². The molecule has 0 rings (SSSR count). The van der Waals surface area contributed by atoms with Gasteiger partial charge in [-0.15, -0.1) is 0 Å². The molecule has 1 amide bonds. The molecule has 0 aromatic carbocycles. The van der Waals surface area contributed by atoms with Crippen molar-refractivity contribution < 1.29 is 14.7 Å². The Balaban J connectivity index is 3.82. The van der Waals surface area contributed by atoms with E-state index in [1.807, 2.05) is 20.8 Å². The van der Waals surface area contributed by atoms with Crippen LogP contribution >= 0.6 is 0 Å². The van der Waals surface area contributed by atoms with Crippen LogP contribution < -0.4 is 11.1 Å². The van der Waals surface area contributed by atoms with Crippen molar-refractivity contribution in [3.05, 3.63) is 0 Å². The van der Waals surface area contributed by atoms with Crippen LogP contribution in [0.2, 0.25) is 0 Å². The first kappa shape index (κ1) is 15.9. The molecule has 0 saturated carbocycles. The molecule has 0 heterocycles. The highest BCUT2D eigenvalue weighted by Crippen LogP contribution is 2.04. The highest BCUT2D eigenvalue weighted by atomic mass is 16.4. The van der Waals surface area contributed by atoms with E-state index >= 15 is 0 Å². The first-order chi connectivity index (χ1) is 7.82. The van der Waals surface area contributed by atoms with Crippen LogP contribution in [0.1, 0.15) is 46.5 Å². The second-order valence-electron chi connectivity index (χ2n) is 4.93. The lowest BCUT2D eigenvalue weighted by Crippen LogP contribution is -2.45. The van der Waals surface area contributed by atoms with Crippen LogP contribution in [-0.2, 0) is 9.59 Å². The Kier molecular flexibility index (Phi) is 7.54. The van der Waals surface area contributed by atoms with Crippen LogP contribution in [0.3, 0.4) is 0 Å². The van der Waals surface area contributed by atoms with Gasteiger partial charge in [0, 0.05) is 12.5 Å². The average Bonchev–Trinajstić information content (AvgIpc) is 2.15. The van der Waals surface area contributed by atoms with Crippen molar-refractivity contribution in [2.75, 3.05) is 0 Å². The van der Waals surface area contributed by atoms with E-state index in [0.29, 0.717) is 25.2 Å². The summed E-state index contributed by atoms with van der Waals surface area (Å²) >= 11 is 0. The second kappa shape index (κ2) is 8.06. The topological polar surface area (TPSA) is 92.4 Å². The number of aliphatic carboxylic acids is 1. The summed E-state index contributed by atoms with van der Waals surface area (Å²) in [6.07, 6.45) is 2.02. The first-order valence-corrected chi connectivity index (χ1v) is 6.10. The summed E-state index contributed by atoms with van der Waals surface area (Å²) in [5.74, 6) is -0.570. The molecule has 0 radical (unpaired) electrons. The molecular weight excluding hydrogens is 220 g/mol. The predicted octanol–water partition coefficient (Wildman–Crippen LogP) is 1.12. The number of nitrogens with two attached hydrogens (primary N) is 1. The van der Waals surface area contributed by atoms with E-state index in [-0.39, 0.29) is 18.4 Å². The highest BCUT2D eigenvalue weighted by Gasteiger charge is 2.16. The monoisotopic (exact) mass is 244 g/mol. The fraction of sp³-hybridized carbons (Fsp3) is 0.833. The van der Waals surface area contributed by atoms with Gasteiger partial charge in [-0.1, -0.05) is 13.8 Å². The zero-order chi connectivity index (χ0) is 13.4. The van der Waals surface area contributed by atoms with Crippen molar-refractivity contribution in [1.82, 2.24) is 5.32 Å². The number of carbonyl (C=O) groups is 2. The number of hydrogen-bond donors (Lipinski definition) is 3. The van der Waals surface area contributed by atoms with Crippen LogP contribution in [-0.4, -0.2) is 29.1 Å². The first-order valence-electron chi connectivity index (χ1n) is 6.10. The van der Waals surface area contributed by atoms with Gasteiger partial charge >= 0.3 is 5.97 Å². The Labute approximate surface area is 103 Å². The van der Waals surface area contributed by atoms with E-state index in [2.05, 4.69) is 5.32 Å². The van der Waals surface area contributed by atoms with Gasteiger partial charge in [0.1, 0.15) is 0 Å². The lowest BCUT2D eigenvalue weighted by atomic mass is 10.0. The van der Waals surface area contributed by atoms with Gasteiger partial charge in [0.25, 0.3) is 0 Å². The van der Waals surface area contributed by atoms with Gasteiger partial charge in [0.15, 0.2) is 0 Å². The van der Waals surface area contributed by atoms with Crippen molar-refractivity contribution in [3.63, 3.8) is 0 Å². The van der Waals surface area contributed by atoms with Crippen molar-refractivity contribution in [2.45, 2.75) is 58.5 Å². The molecule has 2 atom stereocenters. The molecule has 0 aromatic rings. The highest BCUT2D eigenvalue weighted by molar-refractivity contribution is 5.81. The van der Waals surface area contributed by atoms with Crippen LogP contribution in [0.4, 0.5) is 0 Å². The third kappa shape index (κ3) is 8.68. The number of hydrogen-bond acceptors (Lipinski definition) is 3. The summed E-state index contributed by atoms with van der Waals surface area (Å²) in [6.45, 7) is 5.90. The Morgan fingerprint density at radius 2 is 1.88 bits per heavy atom. The number of carboxylic acid groups (broad SMARTS) is 1. The molecule has 0 spiro atoms. The molecule has 0 aromatic heterocycles. The predicted molar refractivity (Wildman–Crippen MR) is 66.5 cm³/mol. The minimum atomic E-state index is -0.806. The Hall–Kier alpha value is -1.10. The van der Waals surface area contributed by atoms with Gasteiger partial charge in [0.05, 0.1) is 6.04 Å². The van der Waals surface area contributed by atoms with Gasteiger partial charge < -0.3 is 16.2 Å². The van der Waals surface area contributed by atoms with Gasteiger partial charge in [0.2, 0.25) is 5.91 Å². The molecule has 0 bridgehead atoms. The van der Waals surface area contributed by atoms with E-state index in [0.717, 1.165) is 0 Å². The van der Waals surface area contributed by atoms with Crippen LogP contribution in [0.25, 0.3) is 0 Å². The van der Waals surface area contributed by atoms with Crippen molar-refractivity contribution >= 4 is 11.9 Å². The summed E-state index contributed by atoms with van der Waals surface area (Å²) in [5.41, 5.74) is 5.74. The number of carbonyl (C=O) groups excluding carboxylic acids is 1. The van der Waals surface area contributed by atoms with E-state index in [1.54, 1.807) is 0 Å². The molecule has 100 valence electrons. The Bertz CT molecular complexity index is 254. The van der Waals surface area contributed by atoms with E-state index in [1.165, 1.54) is 0 Å². The van der Waals surface area contributed by atoms with Gasteiger partial charge in [-0.2, -0.15) is 0 Å². The van der Waals surface area contributed by atoms with Crippen molar-refractivity contribution in [2.24, 2.45) is 11.7 Å². The quantitative estimate of drug-likeness (QED) is 0.596. The molecule has 0 aliphatic rings. The molecule has 17 heavy (non-hydrogen) atoms. The maximum atomic E-state index is 11.6. The van der Waals surface area contributed by atoms with Gasteiger partial charge in [-0.3, -0.25) is 9.59 Å². The maximum absolute atomic E-state index is 11.6. The fourth-order valence-corrected chi connectivity index (χ4v) is 1.60. The molecule has 5 nitrogen and oxygen atoms in total. The summed E-state index contributed by atoms with van der Waals surface area (Å²) < 4.78 is 0. The Morgan fingerprint density at radius 3 is 2.35 bits per heavy atom. The van der Waals surface area contributed by atoms with E-state index < -0.39 is 12.0 Å². The third-order valence-corrected chi connectivity index (χ3v) is 2.48. The van der Waals surface area contributed by atoms with Gasteiger partial charge in [-0.25, -0.2) is 0 Å². The lowest BCUT2D eigenvalue weighted by Gasteiger charge is -2.18. The maximum Gasteiger partial charge on any atom is 0.303 e. The zero-order valence-corrected chi connectivity index (χ0v) is 10.9. The standard InChI is InChI=1S/C12H24N2O3/c1-8(2)7-10(13)12(17)14-9(3)5-4-6-11(15)16/h8-10H,4-7,13H2,1-3H3,(H,14,17)(H,15,16)/t9?,10-/m0/s1. The molecule has 0 saturated heterocycles.